The molecule has 0 aromatic heterocycles. The van der Waals surface area contributed by atoms with E-state index in [0.717, 1.165) is 45.0 Å². The van der Waals surface area contributed by atoms with Gasteiger partial charge in [-0.15, -0.1) is 0 Å². The predicted molar refractivity (Wildman–Crippen MR) is 105 cm³/mol. The number of hydrogen-bond donors (Lipinski definition) is 2. The molecular formula is C20H32N4O2. The van der Waals surface area contributed by atoms with E-state index in [2.05, 4.69) is 41.4 Å². The van der Waals surface area contributed by atoms with Gasteiger partial charge in [-0.2, -0.15) is 0 Å². The van der Waals surface area contributed by atoms with Gasteiger partial charge in [0.25, 0.3) is 0 Å². The van der Waals surface area contributed by atoms with E-state index in [1.807, 2.05) is 6.92 Å². The molecule has 144 valence electrons. The van der Waals surface area contributed by atoms with Crippen LogP contribution in [0.15, 0.2) is 29.3 Å². The fourth-order valence-corrected chi connectivity index (χ4v) is 3.26. The van der Waals surface area contributed by atoms with Crippen molar-refractivity contribution >= 4 is 11.9 Å². The van der Waals surface area contributed by atoms with E-state index in [1.165, 1.54) is 11.1 Å². The second-order valence-electron chi connectivity index (χ2n) is 6.75. The normalized spacial score (nSPS) is 18.0. The number of piperidine rings is 1. The van der Waals surface area contributed by atoms with E-state index in [0.29, 0.717) is 25.5 Å². The fraction of sp³-hybridized carbons (Fsp3) is 0.600. The minimum atomic E-state index is -0.217. The Morgan fingerprint density at radius 2 is 2.04 bits per heavy atom. The zero-order valence-electron chi connectivity index (χ0n) is 16.0. The summed E-state index contributed by atoms with van der Waals surface area (Å²) in [7, 11) is 0. The molecule has 1 saturated heterocycles. The number of likely N-dealkylation sites (tertiary alicyclic amines) is 1. The third-order valence-electron chi connectivity index (χ3n) is 4.55. The molecule has 6 nitrogen and oxygen atoms in total. The van der Waals surface area contributed by atoms with Crippen LogP contribution in [0.1, 0.15) is 44.2 Å². The monoisotopic (exact) mass is 360 g/mol. The number of nitrogens with zero attached hydrogens (tertiary/aromatic N) is 2. The number of nitrogens with one attached hydrogen (secondary N) is 1. The number of nitrogens with two attached hydrogens (primary N) is 1. The molecule has 1 amide bonds. The van der Waals surface area contributed by atoms with Crippen molar-refractivity contribution in [3.05, 3.63) is 35.4 Å². The molecule has 2 rings (SSSR count). The summed E-state index contributed by atoms with van der Waals surface area (Å²) in [6.07, 6.45) is 2.58. The molecule has 1 heterocycles. The van der Waals surface area contributed by atoms with Gasteiger partial charge < -0.3 is 20.7 Å². The number of carbonyl (C=O) groups is 1. The summed E-state index contributed by atoms with van der Waals surface area (Å²) in [5.41, 5.74) is 7.72. The second kappa shape index (κ2) is 10.8. The van der Waals surface area contributed by atoms with Gasteiger partial charge in [-0.1, -0.05) is 24.3 Å². The molecule has 26 heavy (non-hydrogen) atoms. The molecule has 1 fully saturated rings. The van der Waals surface area contributed by atoms with Crippen molar-refractivity contribution in [2.75, 3.05) is 26.2 Å². The number of hydrogen-bond acceptors (Lipinski definition) is 3. The summed E-state index contributed by atoms with van der Waals surface area (Å²) in [4.78, 5) is 18.3. The van der Waals surface area contributed by atoms with Crippen LogP contribution < -0.4 is 11.1 Å². The maximum Gasteiger partial charge on any atom is 0.217 e. The van der Waals surface area contributed by atoms with Crippen molar-refractivity contribution < 1.29 is 9.53 Å². The second-order valence-corrected chi connectivity index (χ2v) is 6.75. The number of carbonyl (C=O) groups excluding carboxylic acids is 1. The average Bonchev–Trinajstić information content (AvgIpc) is 2.64. The van der Waals surface area contributed by atoms with Crippen LogP contribution in [-0.4, -0.2) is 43.0 Å². The molecule has 0 bridgehead atoms. The molecular weight excluding hydrogens is 328 g/mol. The van der Waals surface area contributed by atoms with Gasteiger partial charge in [-0.05, 0) is 43.7 Å². The molecule has 0 saturated carbocycles. The number of primary amides is 1. The topological polar surface area (TPSA) is 80.0 Å². The third kappa shape index (κ3) is 6.67. The van der Waals surface area contributed by atoms with E-state index in [1.54, 1.807) is 0 Å². The van der Waals surface area contributed by atoms with E-state index in [9.17, 15) is 4.79 Å². The predicted octanol–water partition coefficient (Wildman–Crippen LogP) is 2.28. The highest BCUT2D eigenvalue weighted by Crippen LogP contribution is 2.19. The van der Waals surface area contributed by atoms with Crippen LogP contribution >= 0.6 is 0 Å². The first-order valence-corrected chi connectivity index (χ1v) is 9.59. The molecule has 0 aliphatic carbocycles. The van der Waals surface area contributed by atoms with Crippen molar-refractivity contribution in [3.8, 4) is 0 Å². The Morgan fingerprint density at radius 1 is 1.31 bits per heavy atom. The highest BCUT2D eigenvalue weighted by Gasteiger charge is 2.23. The Hall–Kier alpha value is -2.08. The van der Waals surface area contributed by atoms with E-state index < -0.39 is 0 Å². The van der Waals surface area contributed by atoms with Gasteiger partial charge in [0.2, 0.25) is 5.91 Å². The minimum Gasteiger partial charge on any atom is -0.377 e. The largest absolute Gasteiger partial charge is 0.377 e. The number of guanidine groups is 1. The van der Waals surface area contributed by atoms with Crippen molar-refractivity contribution in [2.24, 2.45) is 16.6 Å². The summed E-state index contributed by atoms with van der Waals surface area (Å²) in [6.45, 7) is 8.71. The molecule has 0 radical (unpaired) electrons. The maximum atomic E-state index is 11.2. The molecule has 1 unspecified atom stereocenters. The first-order valence-electron chi connectivity index (χ1n) is 9.59. The van der Waals surface area contributed by atoms with Crippen LogP contribution in [0.4, 0.5) is 0 Å². The van der Waals surface area contributed by atoms with Crippen LogP contribution in [0, 0.1) is 5.92 Å². The molecule has 1 atom stereocenters. The molecule has 3 N–H and O–H groups in total. The Kier molecular flexibility index (Phi) is 8.41. The summed E-state index contributed by atoms with van der Waals surface area (Å²) < 4.78 is 5.43. The van der Waals surface area contributed by atoms with Crippen LogP contribution in [0.2, 0.25) is 0 Å². The van der Waals surface area contributed by atoms with Crippen molar-refractivity contribution in [1.82, 2.24) is 10.2 Å². The highest BCUT2D eigenvalue weighted by atomic mass is 16.5. The van der Waals surface area contributed by atoms with Crippen LogP contribution in [0.5, 0.6) is 0 Å². The fourth-order valence-electron chi connectivity index (χ4n) is 3.26. The van der Waals surface area contributed by atoms with Crippen molar-refractivity contribution in [1.29, 1.82) is 0 Å². The van der Waals surface area contributed by atoms with Gasteiger partial charge in [0, 0.05) is 32.7 Å². The van der Waals surface area contributed by atoms with Gasteiger partial charge in [-0.3, -0.25) is 4.79 Å². The molecule has 1 aliphatic heterocycles. The van der Waals surface area contributed by atoms with Gasteiger partial charge in [0.1, 0.15) is 0 Å². The van der Waals surface area contributed by atoms with Crippen LogP contribution in [0.3, 0.4) is 0 Å². The number of aliphatic imine (C=N–C) groups is 1. The van der Waals surface area contributed by atoms with E-state index in [-0.39, 0.29) is 5.91 Å². The number of ether oxygens (including phenoxy) is 1. The maximum absolute atomic E-state index is 11.2. The summed E-state index contributed by atoms with van der Waals surface area (Å²) in [5, 5.41) is 3.38. The van der Waals surface area contributed by atoms with E-state index in [4.69, 9.17) is 15.5 Å². The van der Waals surface area contributed by atoms with Gasteiger partial charge in [-0.25, -0.2) is 4.99 Å². The van der Waals surface area contributed by atoms with Crippen molar-refractivity contribution in [2.45, 2.75) is 46.3 Å². The lowest BCUT2D eigenvalue weighted by atomic mass is 9.95. The van der Waals surface area contributed by atoms with Crippen LogP contribution in [-0.2, 0) is 22.7 Å². The molecule has 1 aliphatic rings. The smallest absolute Gasteiger partial charge is 0.217 e. The molecule has 6 heteroatoms. The Labute approximate surface area is 156 Å². The van der Waals surface area contributed by atoms with Crippen molar-refractivity contribution in [3.63, 3.8) is 0 Å². The third-order valence-corrected chi connectivity index (χ3v) is 4.55. The van der Waals surface area contributed by atoms with Gasteiger partial charge >= 0.3 is 0 Å². The first kappa shape index (κ1) is 20.2. The molecule has 1 aromatic carbocycles. The zero-order valence-corrected chi connectivity index (χ0v) is 16.0. The van der Waals surface area contributed by atoms with Gasteiger partial charge in [0.15, 0.2) is 5.96 Å². The Balaban J connectivity index is 1.98. The van der Waals surface area contributed by atoms with Gasteiger partial charge in [0.05, 0.1) is 13.2 Å². The molecule has 1 aromatic rings. The first-order chi connectivity index (χ1) is 12.6. The SMILES string of the molecule is CCNC(=NCc1ccc(COCC)cc1)N1CCCC(CC(N)=O)C1. The summed E-state index contributed by atoms with van der Waals surface area (Å²) >= 11 is 0. The zero-order chi connectivity index (χ0) is 18.8. The lowest BCUT2D eigenvalue weighted by molar-refractivity contribution is -0.119. The Morgan fingerprint density at radius 3 is 2.69 bits per heavy atom. The minimum absolute atomic E-state index is 0.217. The highest BCUT2D eigenvalue weighted by molar-refractivity contribution is 5.80. The lowest BCUT2D eigenvalue weighted by Gasteiger charge is -2.34. The summed E-state index contributed by atoms with van der Waals surface area (Å²) in [6, 6.07) is 8.40. The average molecular weight is 361 g/mol. The standard InChI is InChI=1S/C20H32N4O2/c1-3-22-20(24-11-5-6-18(14-24)12-19(21)25)23-13-16-7-9-17(10-8-16)15-26-4-2/h7-10,18H,3-6,11-15H2,1-2H3,(H2,21,25)(H,22,23). The number of rotatable bonds is 8. The lowest BCUT2D eigenvalue weighted by Crippen LogP contribution is -2.47. The number of benzene rings is 1. The van der Waals surface area contributed by atoms with Crippen LogP contribution in [0.25, 0.3) is 0 Å². The quantitative estimate of drug-likeness (QED) is 0.550. The molecule has 0 spiro atoms. The number of amides is 1. The summed E-state index contributed by atoms with van der Waals surface area (Å²) in [5.74, 6) is 1.02. The van der Waals surface area contributed by atoms with E-state index >= 15 is 0 Å². The Bertz CT molecular complexity index is 586.